The van der Waals surface area contributed by atoms with Crippen LogP contribution in [-0.4, -0.2) is 72.6 Å². The molecule has 0 saturated carbocycles. The molecule has 1 fully saturated rings. The second kappa shape index (κ2) is 7.56. The average molecular weight is 324 g/mol. The Bertz CT molecular complexity index is 555. The first kappa shape index (κ1) is 17.4. The summed E-state index contributed by atoms with van der Waals surface area (Å²) in [6, 6.07) is 0. The average Bonchev–Trinajstić information content (AvgIpc) is 2.92. The number of carbonyl (C=O) groups is 2. The predicted molar refractivity (Wildman–Crippen MR) is 82.8 cm³/mol. The van der Waals surface area contributed by atoms with Crippen LogP contribution in [0.1, 0.15) is 12.0 Å². The molecule has 0 bridgehead atoms. The maximum Gasteiger partial charge on any atom is 0.244 e. The summed E-state index contributed by atoms with van der Waals surface area (Å²) in [5.74, 6) is -0.187. The third kappa shape index (κ3) is 4.52. The Morgan fingerprint density at radius 2 is 2.30 bits per heavy atom. The minimum Gasteiger partial charge on any atom is -0.382 e. The molecule has 1 N–H and O–H groups in total. The molecule has 1 aliphatic rings. The fraction of sp³-hybridized carbons (Fsp3) is 0.667. The second-order valence-corrected chi connectivity index (χ2v) is 5.84. The summed E-state index contributed by atoms with van der Waals surface area (Å²) in [7, 11) is 3.14. The molecule has 0 radical (unpaired) electrons. The second-order valence-electron chi connectivity index (χ2n) is 5.84. The largest absolute Gasteiger partial charge is 0.382 e. The Kier molecular flexibility index (Phi) is 5.73. The molecule has 0 unspecified atom stereocenters. The Morgan fingerprint density at radius 1 is 1.52 bits per heavy atom. The maximum absolute atomic E-state index is 12.5. The SMILES string of the molecule is CNC(=O)C[C@]1(COC)CN(C(=O)Cn2cc(C)cn2)CCO1. The number of aryl methyl sites for hydroxylation is 1. The van der Waals surface area contributed by atoms with Gasteiger partial charge in [-0.3, -0.25) is 14.3 Å². The summed E-state index contributed by atoms with van der Waals surface area (Å²) in [6.07, 6.45) is 3.70. The number of hydrogen-bond donors (Lipinski definition) is 1. The van der Waals surface area contributed by atoms with E-state index < -0.39 is 5.60 Å². The molecule has 1 aliphatic heterocycles. The smallest absolute Gasteiger partial charge is 0.244 e. The number of hydrogen-bond acceptors (Lipinski definition) is 5. The van der Waals surface area contributed by atoms with Crippen LogP contribution in [0.4, 0.5) is 0 Å². The van der Waals surface area contributed by atoms with E-state index in [4.69, 9.17) is 9.47 Å². The van der Waals surface area contributed by atoms with Crippen molar-refractivity contribution >= 4 is 11.8 Å². The van der Waals surface area contributed by atoms with Crippen molar-refractivity contribution in [3.8, 4) is 0 Å². The topological polar surface area (TPSA) is 85.7 Å². The number of rotatable bonds is 6. The van der Waals surface area contributed by atoms with Crippen LogP contribution in [0.2, 0.25) is 0 Å². The molecule has 2 rings (SSSR count). The van der Waals surface area contributed by atoms with E-state index in [0.717, 1.165) is 5.56 Å². The van der Waals surface area contributed by atoms with E-state index in [2.05, 4.69) is 10.4 Å². The van der Waals surface area contributed by atoms with Crippen LogP contribution in [0, 0.1) is 6.92 Å². The Morgan fingerprint density at radius 3 is 2.91 bits per heavy atom. The highest BCUT2D eigenvalue weighted by Gasteiger charge is 2.40. The van der Waals surface area contributed by atoms with Gasteiger partial charge in [-0.1, -0.05) is 0 Å². The van der Waals surface area contributed by atoms with Crippen molar-refractivity contribution in [2.45, 2.75) is 25.5 Å². The van der Waals surface area contributed by atoms with E-state index >= 15 is 0 Å². The molecular formula is C15H24N4O4. The molecule has 1 atom stereocenters. The van der Waals surface area contributed by atoms with Gasteiger partial charge in [-0.2, -0.15) is 5.10 Å². The number of carbonyl (C=O) groups excluding carboxylic acids is 2. The summed E-state index contributed by atoms with van der Waals surface area (Å²) in [4.78, 5) is 26.0. The fourth-order valence-electron chi connectivity index (χ4n) is 2.74. The Balaban J connectivity index is 2.04. The summed E-state index contributed by atoms with van der Waals surface area (Å²) in [5, 5.41) is 6.72. The predicted octanol–water partition coefficient (Wildman–Crippen LogP) is -0.428. The van der Waals surface area contributed by atoms with E-state index in [1.807, 2.05) is 13.1 Å². The van der Waals surface area contributed by atoms with Gasteiger partial charge in [-0.25, -0.2) is 0 Å². The van der Waals surface area contributed by atoms with Crippen LogP contribution >= 0.6 is 0 Å². The third-order valence-electron chi connectivity index (χ3n) is 3.83. The lowest BCUT2D eigenvalue weighted by Gasteiger charge is -2.42. The number of ether oxygens (including phenoxy) is 2. The van der Waals surface area contributed by atoms with Crippen molar-refractivity contribution < 1.29 is 19.1 Å². The van der Waals surface area contributed by atoms with Gasteiger partial charge in [0.05, 0.1) is 32.4 Å². The Hall–Kier alpha value is -1.93. The molecule has 0 aromatic carbocycles. The summed E-state index contributed by atoms with van der Waals surface area (Å²) in [5.41, 5.74) is 0.205. The van der Waals surface area contributed by atoms with Crippen LogP contribution in [0.15, 0.2) is 12.4 Å². The maximum atomic E-state index is 12.5. The minimum absolute atomic E-state index is 0.0474. The van der Waals surface area contributed by atoms with Gasteiger partial charge >= 0.3 is 0 Å². The van der Waals surface area contributed by atoms with Gasteiger partial charge < -0.3 is 19.7 Å². The summed E-state index contributed by atoms with van der Waals surface area (Å²) < 4.78 is 12.6. The number of nitrogens with zero attached hydrogens (tertiary/aromatic N) is 3. The lowest BCUT2D eigenvalue weighted by atomic mass is 9.97. The van der Waals surface area contributed by atoms with E-state index in [0.29, 0.717) is 19.7 Å². The lowest BCUT2D eigenvalue weighted by molar-refractivity contribution is -0.167. The molecule has 128 valence electrons. The number of amides is 2. The molecule has 0 spiro atoms. The zero-order valence-corrected chi connectivity index (χ0v) is 13.9. The molecule has 23 heavy (non-hydrogen) atoms. The molecule has 0 aliphatic carbocycles. The molecule has 2 amide bonds. The van der Waals surface area contributed by atoms with E-state index in [1.165, 1.54) is 0 Å². The highest BCUT2D eigenvalue weighted by atomic mass is 16.5. The first-order chi connectivity index (χ1) is 11.0. The molecular weight excluding hydrogens is 300 g/mol. The van der Waals surface area contributed by atoms with Gasteiger partial charge in [0.15, 0.2) is 0 Å². The lowest BCUT2D eigenvalue weighted by Crippen LogP contribution is -2.57. The zero-order chi connectivity index (χ0) is 16.9. The molecule has 1 saturated heterocycles. The minimum atomic E-state index is -0.803. The number of aromatic nitrogens is 2. The first-order valence-corrected chi connectivity index (χ1v) is 7.58. The normalized spacial score (nSPS) is 21.3. The van der Waals surface area contributed by atoms with Crippen LogP contribution in [0.3, 0.4) is 0 Å². The van der Waals surface area contributed by atoms with Crippen LogP contribution in [0.25, 0.3) is 0 Å². The van der Waals surface area contributed by atoms with E-state index in [9.17, 15) is 9.59 Å². The number of methoxy groups -OCH3 is 1. The van der Waals surface area contributed by atoms with Crippen molar-refractivity contribution in [1.82, 2.24) is 20.0 Å². The van der Waals surface area contributed by atoms with Crippen molar-refractivity contribution in [2.24, 2.45) is 0 Å². The monoisotopic (exact) mass is 324 g/mol. The van der Waals surface area contributed by atoms with Crippen LogP contribution < -0.4 is 5.32 Å². The van der Waals surface area contributed by atoms with Crippen molar-refractivity contribution in [3.63, 3.8) is 0 Å². The van der Waals surface area contributed by atoms with Gasteiger partial charge in [0.25, 0.3) is 0 Å². The third-order valence-corrected chi connectivity index (χ3v) is 3.83. The van der Waals surface area contributed by atoms with Gasteiger partial charge in [0, 0.05) is 26.9 Å². The quantitative estimate of drug-likeness (QED) is 0.767. The fourth-order valence-corrected chi connectivity index (χ4v) is 2.74. The van der Waals surface area contributed by atoms with Crippen molar-refractivity contribution in [2.75, 3.05) is 40.5 Å². The van der Waals surface area contributed by atoms with E-state index in [1.54, 1.807) is 29.9 Å². The van der Waals surface area contributed by atoms with E-state index in [-0.39, 0.29) is 31.4 Å². The van der Waals surface area contributed by atoms with Gasteiger partial charge in [-0.05, 0) is 12.5 Å². The standard InChI is InChI=1S/C15H24N4O4/c1-12-7-17-19(8-12)9-14(21)18-4-5-23-15(10-18,11-22-3)6-13(20)16-2/h7-8H,4-6,9-11H2,1-3H3,(H,16,20)/t15-/m1/s1. The molecule has 8 nitrogen and oxygen atoms in total. The number of nitrogens with one attached hydrogen (secondary N) is 1. The summed E-state index contributed by atoms with van der Waals surface area (Å²) >= 11 is 0. The highest BCUT2D eigenvalue weighted by molar-refractivity contribution is 5.78. The number of morpholine rings is 1. The molecule has 2 heterocycles. The van der Waals surface area contributed by atoms with Crippen LogP contribution in [-0.2, 0) is 25.6 Å². The summed E-state index contributed by atoms with van der Waals surface area (Å²) in [6.45, 7) is 3.56. The van der Waals surface area contributed by atoms with Crippen molar-refractivity contribution in [1.29, 1.82) is 0 Å². The van der Waals surface area contributed by atoms with Crippen molar-refractivity contribution in [3.05, 3.63) is 18.0 Å². The zero-order valence-electron chi connectivity index (χ0n) is 13.9. The molecule has 1 aromatic heterocycles. The Labute approximate surface area is 135 Å². The van der Waals surface area contributed by atoms with Gasteiger partial charge in [0.2, 0.25) is 11.8 Å². The first-order valence-electron chi connectivity index (χ1n) is 7.58. The highest BCUT2D eigenvalue weighted by Crippen LogP contribution is 2.23. The van der Waals surface area contributed by atoms with Gasteiger partial charge in [-0.15, -0.1) is 0 Å². The van der Waals surface area contributed by atoms with Gasteiger partial charge in [0.1, 0.15) is 12.1 Å². The molecule has 1 aromatic rings. The van der Waals surface area contributed by atoms with Crippen LogP contribution in [0.5, 0.6) is 0 Å². The molecule has 8 heteroatoms.